The molecule has 0 saturated heterocycles. The topological polar surface area (TPSA) is 41.1 Å². The largest absolute Gasteiger partial charge is 0.416 e. The number of hydrogen-bond donors (Lipinski definition) is 2. The van der Waals surface area contributed by atoms with Crippen LogP contribution in [0.1, 0.15) is 22.3 Å². The van der Waals surface area contributed by atoms with Gasteiger partial charge in [0.15, 0.2) is 0 Å². The molecule has 0 aromatic heterocycles. The molecule has 2 aromatic carbocycles. The molecule has 0 aliphatic rings. The Morgan fingerprint density at radius 2 is 1.64 bits per heavy atom. The van der Waals surface area contributed by atoms with Crippen LogP contribution >= 0.6 is 12.4 Å². The molecule has 25 heavy (non-hydrogen) atoms. The zero-order chi connectivity index (χ0) is 17.6. The SMILES string of the molecule is CNCCCNC(=O)c1ccccc1-c1ccc(C(F)(F)F)cc1.Cl. The number of carbonyl (C=O) groups is 1. The van der Waals surface area contributed by atoms with E-state index in [1.807, 2.05) is 7.05 Å². The molecule has 0 aliphatic heterocycles. The monoisotopic (exact) mass is 372 g/mol. The van der Waals surface area contributed by atoms with Crippen molar-refractivity contribution in [3.05, 3.63) is 59.7 Å². The van der Waals surface area contributed by atoms with Gasteiger partial charge in [-0.2, -0.15) is 13.2 Å². The Morgan fingerprint density at radius 1 is 1.00 bits per heavy atom. The average molecular weight is 373 g/mol. The number of halogens is 4. The number of hydrogen-bond acceptors (Lipinski definition) is 2. The van der Waals surface area contributed by atoms with Gasteiger partial charge in [0, 0.05) is 12.1 Å². The van der Waals surface area contributed by atoms with Crippen molar-refractivity contribution >= 4 is 18.3 Å². The van der Waals surface area contributed by atoms with Crippen molar-refractivity contribution in [3.8, 4) is 11.1 Å². The van der Waals surface area contributed by atoms with Gasteiger partial charge in [0.2, 0.25) is 0 Å². The minimum atomic E-state index is -4.37. The highest BCUT2D eigenvalue weighted by molar-refractivity contribution is 6.00. The van der Waals surface area contributed by atoms with Crippen LogP contribution in [-0.4, -0.2) is 26.0 Å². The molecule has 0 radical (unpaired) electrons. The Labute approximate surface area is 151 Å². The average Bonchev–Trinajstić information content (AvgIpc) is 2.58. The Bertz CT molecular complexity index is 687. The molecular formula is C18H20ClF3N2O. The molecule has 0 aliphatic carbocycles. The Kier molecular flexibility index (Phi) is 7.93. The summed E-state index contributed by atoms with van der Waals surface area (Å²) in [6.07, 6.45) is -3.58. The molecule has 0 bridgehead atoms. The predicted molar refractivity (Wildman–Crippen MR) is 95.0 cm³/mol. The van der Waals surface area contributed by atoms with Crippen molar-refractivity contribution in [2.24, 2.45) is 0 Å². The first-order valence-electron chi connectivity index (χ1n) is 7.63. The molecule has 0 heterocycles. The maximum atomic E-state index is 12.7. The first-order chi connectivity index (χ1) is 11.4. The summed E-state index contributed by atoms with van der Waals surface area (Å²) in [4.78, 5) is 12.3. The van der Waals surface area contributed by atoms with Crippen molar-refractivity contribution in [1.29, 1.82) is 0 Å². The maximum absolute atomic E-state index is 12.7. The third-order valence-corrected chi connectivity index (χ3v) is 3.58. The predicted octanol–water partition coefficient (Wildman–Crippen LogP) is 4.13. The van der Waals surface area contributed by atoms with Gasteiger partial charge in [-0.25, -0.2) is 0 Å². The van der Waals surface area contributed by atoms with Gasteiger partial charge in [-0.05, 0) is 49.3 Å². The van der Waals surface area contributed by atoms with Gasteiger partial charge in [0.25, 0.3) is 5.91 Å². The molecule has 2 rings (SSSR count). The first-order valence-corrected chi connectivity index (χ1v) is 7.63. The van der Waals surface area contributed by atoms with E-state index in [1.54, 1.807) is 24.3 Å². The van der Waals surface area contributed by atoms with E-state index in [-0.39, 0.29) is 18.3 Å². The highest BCUT2D eigenvalue weighted by atomic mass is 35.5. The summed E-state index contributed by atoms with van der Waals surface area (Å²) in [6.45, 7) is 1.32. The van der Waals surface area contributed by atoms with Crippen LogP contribution in [0.15, 0.2) is 48.5 Å². The molecule has 0 unspecified atom stereocenters. The van der Waals surface area contributed by atoms with Crippen LogP contribution in [0.5, 0.6) is 0 Å². The molecule has 1 amide bonds. The molecule has 2 aromatic rings. The van der Waals surface area contributed by atoms with Crippen LogP contribution < -0.4 is 10.6 Å². The molecule has 0 fully saturated rings. The number of nitrogens with one attached hydrogen (secondary N) is 2. The Balaban J connectivity index is 0.00000312. The molecule has 3 nitrogen and oxygen atoms in total. The summed E-state index contributed by atoms with van der Waals surface area (Å²) in [6, 6.07) is 11.7. The third-order valence-electron chi connectivity index (χ3n) is 3.58. The fourth-order valence-electron chi connectivity index (χ4n) is 2.33. The minimum Gasteiger partial charge on any atom is -0.352 e. The fourth-order valence-corrected chi connectivity index (χ4v) is 2.33. The minimum absolute atomic E-state index is 0. The summed E-state index contributed by atoms with van der Waals surface area (Å²) >= 11 is 0. The van der Waals surface area contributed by atoms with E-state index < -0.39 is 11.7 Å². The summed E-state index contributed by atoms with van der Waals surface area (Å²) < 4.78 is 38.0. The zero-order valence-corrected chi connectivity index (χ0v) is 14.5. The van der Waals surface area contributed by atoms with E-state index in [9.17, 15) is 18.0 Å². The van der Waals surface area contributed by atoms with Gasteiger partial charge < -0.3 is 10.6 Å². The van der Waals surface area contributed by atoms with E-state index in [1.165, 1.54) is 12.1 Å². The molecule has 0 atom stereocenters. The number of alkyl halides is 3. The molecular weight excluding hydrogens is 353 g/mol. The maximum Gasteiger partial charge on any atom is 0.416 e. The van der Waals surface area contributed by atoms with E-state index in [0.717, 1.165) is 25.1 Å². The molecule has 0 spiro atoms. The van der Waals surface area contributed by atoms with Crippen molar-refractivity contribution < 1.29 is 18.0 Å². The Hall–Kier alpha value is -2.05. The number of benzene rings is 2. The lowest BCUT2D eigenvalue weighted by Gasteiger charge is -2.12. The highest BCUT2D eigenvalue weighted by Crippen LogP contribution is 2.31. The lowest BCUT2D eigenvalue weighted by atomic mass is 9.98. The second-order valence-electron chi connectivity index (χ2n) is 5.33. The van der Waals surface area contributed by atoms with Crippen LogP contribution in [0.4, 0.5) is 13.2 Å². The zero-order valence-electron chi connectivity index (χ0n) is 13.7. The van der Waals surface area contributed by atoms with Crippen molar-refractivity contribution in [1.82, 2.24) is 10.6 Å². The van der Waals surface area contributed by atoms with Gasteiger partial charge in [0.05, 0.1) is 5.56 Å². The normalized spacial score (nSPS) is 10.9. The quantitative estimate of drug-likeness (QED) is 0.748. The molecule has 136 valence electrons. The lowest BCUT2D eigenvalue weighted by molar-refractivity contribution is -0.137. The number of carbonyl (C=O) groups excluding carboxylic acids is 1. The summed E-state index contributed by atoms with van der Waals surface area (Å²) in [7, 11) is 1.84. The van der Waals surface area contributed by atoms with Crippen molar-refractivity contribution in [3.63, 3.8) is 0 Å². The van der Waals surface area contributed by atoms with Crippen molar-refractivity contribution in [2.75, 3.05) is 20.1 Å². The van der Waals surface area contributed by atoms with E-state index in [0.29, 0.717) is 23.2 Å². The summed E-state index contributed by atoms with van der Waals surface area (Å²) in [5, 5.41) is 5.81. The Morgan fingerprint density at radius 3 is 2.24 bits per heavy atom. The van der Waals surface area contributed by atoms with Gasteiger partial charge in [-0.15, -0.1) is 12.4 Å². The highest BCUT2D eigenvalue weighted by Gasteiger charge is 2.30. The van der Waals surface area contributed by atoms with Crippen LogP contribution in [-0.2, 0) is 6.18 Å². The third kappa shape index (κ3) is 5.76. The van der Waals surface area contributed by atoms with Gasteiger partial charge in [-0.3, -0.25) is 4.79 Å². The van der Waals surface area contributed by atoms with E-state index >= 15 is 0 Å². The number of rotatable bonds is 6. The van der Waals surface area contributed by atoms with Gasteiger partial charge in [-0.1, -0.05) is 30.3 Å². The van der Waals surface area contributed by atoms with Crippen LogP contribution in [0, 0.1) is 0 Å². The molecule has 0 saturated carbocycles. The van der Waals surface area contributed by atoms with E-state index in [2.05, 4.69) is 10.6 Å². The van der Waals surface area contributed by atoms with Crippen LogP contribution in [0.2, 0.25) is 0 Å². The van der Waals surface area contributed by atoms with Gasteiger partial charge in [0.1, 0.15) is 0 Å². The summed E-state index contributed by atoms with van der Waals surface area (Å²) in [5.41, 5.74) is 0.920. The standard InChI is InChI=1S/C18H19F3N2O.ClH/c1-22-11-4-12-23-17(24)16-6-3-2-5-15(16)13-7-9-14(10-8-13)18(19,20)21;/h2-3,5-10,22H,4,11-12H2,1H3,(H,23,24);1H. The van der Waals surface area contributed by atoms with Crippen LogP contribution in [0.3, 0.4) is 0 Å². The molecule has 2 N–H and O–H groups in total. The molecule has 7 heteroatoms. The second kappa shape index (κ2) is 9.44. The number of amides is 1. The van der Waals surface area contributed by atoms with Crippen molar-refractivity contribution in [2.45, 2.75) is 12.6 Å². The van der Waals surface area contributed by atoms with Crippen LogP contribution in [0.25, 0.3) is 11.1 Å². The lowest BCUT2D eigenvalue weighted by Crippen LogP contribution is -2.27. The first kappa shape index (κ1) is 21.0. The second-order valence-corrected chi connectivity index (χ2v) is 5.33. The summed E-state index contributed by atoms with van der Waals surface area (Å²) in [5.74, 6) is -0.235. The van der Waals surface area contributed by atoms with Gasteiger partial charge >= 0.3 is 6.18 Å². The fraction of sp³-hybridized carbons (Fsp3) is 0.278. The van der Waals surface area contributed by atoms with E-state index in [4.69, 9.17) is 0 Å². The smallest absolute Gasteiger partial charge is 0.352 e.